The Bertz CT molecular complexity index is 573. The van der Waals surface area contributed by atoms with E-state index in [9.17, 15) is 0 Å². The van der Waals surface area contributed by atoms with Gasteiger partial charge in [-0.1, -0.05) is 20.8 Å². The van der Waals surface area contributed by atoms with Crippen LogP contribution < -0.4 is 9.47 Å². The van der Waals surface area contributed by atoms with Crippen LogP contribution in [-0.4, -0.2) is 56.2 Å². The molecule has 2 aliphatic heterocycles. The Kier molecular flexibility index (Phi) is 5.36. The van der Waals surface area contributed by atoms with Gasteiger partial charge in [-0.05, 0) is 48.6 Å². The predicted molar refractivity (Wildman–Crippen MR) is 98.1 cm³/mol. The molecule has 0 bridgehead atoms. The van der Waals surface area contributed by atoms with Crippen molar-refractivity contribution in [1.29, 1.82) is 0 Å². The van der Waals surface area contributed by atoms with Gasteiger partial charge in [-0.3, -0.25) is 9.80 Å². The van der Waals surface area contributed by atoms with Crippen LogP contribution >= 0.6 is 0 Å². The van der Waals surface area contributed by atoms with Crippen molar-refractivity contribution < 1.29 is 9.47 Å². The van der Waals surface area contributed by atoms with Gasteiger partial charge in [0.1, 0.15) is 0 Å². The van der Waals surface area contributed by atoms with Crippen LogP contribution in [0.2, 0.25) is 0 Å². The highest BCUT2D eigenvalue weighted by Gasteiger charge is 2.37. The Morgan fingerprint density at radius 2 is 1.83 bits per heavy atom. The smallest absolute Gasteiger partial charge is 0.161 e. The number of piperazine rings is 1. The molecule has 4 heteroatoms. The van der Waals surface area contributed by atoms with E-state index < -0.39 is 0 Å². The number of methoxy groups -OCH3 is 2. The molecule has 0 unspecified atom stereocenters. The lowest BCUT2D eigenvalue weighted by atomic mass is 9.87. The summed E-state index contributed by atoms with van der Waals surface area (Å²) in [4.78, 5) is 5.36. The quantitative estimate of drug-likeness (QED) is 0.825. The van der Waals surface area contributed by atoms with Gasteiger partial charge in [0.15, 0.2) is 11.5 Å². The van der Waals surface area contributed by atoms with Gasteiger partial charge >= 0.3 is 0 Å². The lowest BCUT2D eigenvalue weighted by molar-refractivity contribution is 0.0168. The van der Waals surface area contributed by atoms with Crippen molar-refractivity contribution in [2.24, 2.45) is 5.92 Å². The topological polar surface area (TPSA) is 24.9 Å². The summed E-state index contributed by atoms with van der Waals surface area (Å²) < 4.78 is 11.0. The summed E-state index contributed by atoms with van der Waals surface area (Å²) in [6, 6.07) is 5.56. The van der Waals surface area contributed by atoms with Crippen molar-refractivity contribution in [1.82, 2.24) is 9.80 Å². The molecule has 2 atom stereocenters. The molecule has 0 spiro atoms. The first-order chi connectivity index (χ1) is 11.6. The monoisotopic (exact) mass is 332 g/mol. The molecule has 4 nitrogen and oxygen atoms in total. The van der Waals surface area contributed by atoms with E-state index >= 15 is 0 Å². The maximum Gasteiger partial charge on any atom is 0.161 e. The molecule has 1 saturated heterocycles. The van der Waals surface area contributed by atoms with Crippen molar-refractivity contribution in [3.63, 3.8) is 0 Å². The molecule has 0 aliphatic carbocycles. The fourth-order valence-corrected chi connectivity index (χ4v) is 4.42. The van der Waals surface area contributed by atoms with Crippen LogP contribution in [0.25, 0.3) is 0 Å². The standard InChI is InChI=1S/C20H32N2O2/c1-6-21-13-18-17-11-20(24-5)19(23-4)10-15(17)7-8-22(18)12-16(21)9-14(2)3/h10-11,14,16,18H,6-9,12-13H2,1-5H3/t16-,18+/m1/s1. The predicted octanol–water partition coefficient (Wildman–Crippen LogP) is 3.35. The molecule has 2 heterocycles. The fraction of sp³-hybridized carbons (Fsp3) is 0.700. The lowest BCUT2D eigenvalue weighted by Gasteiger charge is -2.49. The second-order valence-corrected chi connectivity index (χ2v) is 7.54. The second kappa shape index (κ2) is 7.32. The van der Waals surface area contributed by atoms with Crippen LogP contribution in [0.4, 0.5) is 0 Å². The molecule has 134 valence electrons. The zero-order chi connectivity index (χ0) is 17.3. The number of ether oxygens (including phenoxy) is 2. The third-order valence-electron chi connectivity index (χ3n) is 5.63. The van der Waals surface area contributed by atoms with Crippen molar-refractivity contribution in [3.05, 3.63) is 23.3 Å². The number of benzene rings is 1. The van der Waals surface area contributed by atoms with Gasteiger partial charge < -0.3 is 9.47 Å². The zero-order valence-electron chi connectivity index (χ0n) is 15.8. The van der Waals surface area contributed by atoms with Crippen LogP contribution in [0.1, 0.15) is 44.4 Å². The molecule has 1 fully saturated rings. The summed E-state index contributed by atoms with van der Waals surface area (Å²) >= 11 is 0. The van der Waals surface area contributed by atoms with Crippen LogP contribution in [0, 0.1) is 5.92 Å². The van der Waals surface area contributed by atoms with E-state index in [0.29, 0.717) is 12.1 Å². The molecule has 3 rings (SSSR count). The van der Waals surface area contributed by atoms with E-state index in [4.69, 9.17) is 9.47 Å². The second-order valence-electron chi connectivity index (χ2n) is 7.54. The maximum absolute atomic E-state index is 5.55. The number of hydrogen-bond donors (Lipinski definition) is 0. The third-order valence-corrected chi connectivity index (χ3v) is 5.63. The molecule has 2 aliphatic rings. The SMILES string of the molecule is CCN1C[C@H]2c3cc(OC)c(OC)cc3CCN2C[C@H]1CC(C)C. The Labute approximate surface area is 146 Å². The van der Waals surface area contributed by atoms with Gasteiger partial charge in [0, 0.05) is 31.7 Å². The van der Waals surface area contributed by atoms with Gasteiger partial charge in [0.2, 0.25) is 0 Å². The normalized spacial score (nSPS) is 24.6. The molecular weight excluding hydrogens is 300 g/mol. The van der Waals surface area contributed by atoms with Gasteiger partial charge in [0.05, 0.1) is 14.2 Å². The lowest BCUT2D eigenvalue weighted by Crippen LogP contribution is -2.56. The van der Waals surface area contributed by atoms with Gasteiger partial charge in [-0.25, -0.2) is 0 Å². The third kappa shape index (κ3) is 3.27. The summed E-state index contributed by atoms with van der Waals surface area (Å²) in [5.41, 5.74) is 2.85. The van der Waals surface area contributed by atoms with Gasteiger partial charge in [-0.15, -0.1) is 0 Å². The van der Waals surface area contributed by atoms with Crippen LogP contribution in [-0.2, 0) is 6.42 Å². The highest BCUT2D eigenvalue weighted by atomic mass is 16.5. The van der Waals surface area contributed by atoms with E-state index in [2.05, 4.69) is 42.7 Å². The molecule has 24 heavy (non-hydrogen) atoms. The van der Waals surface area contributed by atoms with Gasteiger partial charge in [-0.2, -0.15) is 0 Å². The van der Waals surface area contributed by atoms with Gasteiger partial charge in [0.25, 0.3) is 0 Å². The van der Waals surface area contributed by atoms with Crippen molar-refractivity contribution in [3.8, 4) is 11.5 Å². The number of fused-ring (bicyclic) bond motifs is 3. The minimum absolute atomic E-state index is 0.483. The van der Waals surface area contributed by atoms with Crippen molar-refractivity contribution in [2.75, 3.05) is 40.4 Å². The minimum Gasteiger partial charge on any atom is -0.493 e. The summed E-state index contributed by atoms with van der Waals surface area (Å²) in [5.74, 6) is 2.46. The molecule has 1 aromatic carbocycles. The highest BCUT2D eigenvalue weighted by molar-refractivity contribution is 5.49. The average molecular weight is 332 g/mol. The highest BCUT2D eigenvalue weighted by Crippen LogP contribution is 2.40. The van der Waals surface area contributed by atoms with Crippen LogP contribution in [0.3, 0.4) is 0 Å². The summed E-state index contributed by atoms with van der Waals surface area (Å²) in [6.45, 7) is 11.6. The molecule has 0 radical (unpaired) electrons. The maximum atomic E-state index is 5.55. The zero-order valence-corrected chi connectivity index (χ0v) is 15.8. The Balaban J connectivity index is 1.89. The summed E-state index contributed by atoms with van der Waals surface area (Å²) in [6.07, 6.45) is 2.39. The van der Waals surface area contributed by atoms with Crippen molar-refractivity contribution in [2.45, 2.75) is 45.7 Å². The van der Waals surface area contributed by atoms with E-state index in [-0.39, 0.29) is 0 Å². The Morgan fingerprint density at radius 1 is 1.12 bits per heavy atom. The largest absolute Gasteiger partial charge is 0.493 e. The summed E-state index contributed by atoms with van der Waals surface area (Å²) in [5, 5.41) is 0. The molecule has 0 aromatic heterocycles. The first-order valence-electron chi connectivity index (χ1n) is 9.30. The first-order valence-corrected chi connectivity index (χ1v) is 9.30. The number of rotatable bonds is 5. The number of nitrogens with zero attached hydrogens (tertiary/aromatic N) is 2. The Hall–Kier alpha value is -1.26. The minimum atomic E-state index is 0.483. The van der Waals surface area contributed by atoms with Crippen LogP contribution in [0.15, 0.2) is 12.1 Å². The van der Waals surface area contributed by atoms with Crippen molar-refractivity contribution >= 4 is 0 Å². The number of hydrogen-bond acceptors (Lipinski definition) is 4. The molecule has 0 amide bonds. The molecule has 0 N–H and O–H groups in total. The van der Waals surface area contributed by atoms with E-state index in [1.165, 1.54) is 24.1 Å². The Morgan fingerprint density at radius 3 is 2.46 bits per heavy atom. The van der Waals surface area contributed by atoms with E-state index in [1.807, 2.05) is 0 Å². The average Bonchev–Trinajstić information content (AvgIpc) is 2.59. The number of likely N-dealkylation sites (N-methyl/N-ethyl adjacent to an activating group) is 1. The first kappa shape index (κ1) is 17.6. The van der Waals surface area contributed by atoms with E-state index in [1.54, 1.807) is 14.2 Å². The molecule has 0 saturated carbocycles. The van der Waals surface area contributed by atoms with Crippen LogP contribution in [0.5, 0.6) is 11.5 Å². The molecule has 1 aromatic rings. The summed E-state index contributed by atoms with van der Waals surface area (Å²) in [7, 11) is 3.44. The fourth-order valence-electron chi connectivity index (χ4n) is 4.42. The van der Waals surface area contributed by atoms with E-state index in [0.717, 1.165) is 43.5 Å². The molecular formula is C20H32N2O2.